The van der Waals surface area contributed by atoms with Crippen molar-refractivity contribution in [3.05, 3.63) is 30.3 Å². The maximum Gasteiger partial charge on any atom is 0.388 e. The van der Waals surface area contributed by atoms with E-state index in [1.54, 1.807) is 7.11 Å². The molecule has 0 bridgehead atoms. The van der Waals surface area contributed by atoms with Gasteiger partial charge in [0.25, 0.3) is 0 Å². The summed E-state index contributed by atoms with van der Waals surface area (Å²) in [5.74, 6) is 0.886. The molecular formula is C13H22O3Si. The predicted octanol–water partition coefficient (Wildman–Crippen LogP) is 2.75. The lowest BCUT2D eigenvalue weighted by Crippen LogP contribution is -2.37. The molecule has 0 aliphatic heterocycles. The van der Waals surface area contributed by atoms with Gasteiger partial charge in [0, 0.05) is 12.1 Å². The third-order valence-electron chi connectivity index (χ3n) is 2.25. The van der Waals surface area contributed by atoms with Crippen LogP contribution in [0.3, 0.4) is 0 Å². The molecule has 0 aliphatic rings. The zero-order valence-corrected chi connectivity index (χ0v) is 12.3. The number of ether oxygens (including phenoxy) is 1. The topological polar surface area (TPSA) is 27.7 Å². The Bertz CT molecular complexity index is 308. The van der Waals surface area contributed by atoms with Crippen LogP contribution >= 0.6 is 0 Å². The Morgan fingerprint density at radius 3 is 2.24 bits per heavy atom. The highest BCUT2D eigenvalue weighted by molar-refractivity contribution is 6.49. The van der Waals surface area contributed by atoms with Crippen LogP contribution in [0.15, 0.2) is 30.3 Å². The van der Waals surface area contributed by atoms with Crippen molar-refractivity contribution in [2.24, 2.45) is 0 Å². The van der Waals surface area contributed by atoms with Gasteiger partial charge >= 0.3 is 9.28 Å². The van der Waals surface area contributed by atoms with Crippen molar-refractivity contribution >= 4 is 9.28 Å². The molecule has 0 saturated heterocycles. The van der Waals surface area contributed by atoms with E-state index in [-0.39, 0.29) is 5.04 Å². The molecule has 1 rings (SSSR count). The van der Waals surface area contributed by atoms with Gasteiger partial charge in [-0.2, -0.15) is 0 Å². The van der Waals surface area contributed by atoms with E-state index in [1.165, 1.54) is 0 Å². The van der Waals surface area contributed by atoms with Gasteiger partial charge in [-0.15, -0.1) is 0 Å². The quantitative estimate of drug-likeness (QED) is 0.577. The van der Waals surface area contributed by atoms with Gasteiger partial charge in [0.2, 0.25) is 0 Å². The van der Waals surface area contributed by atoms with Crippen LogP contribution in [0.4, 0.5) is 0 Å². The molecule has 0 radical (unpaired) electrons. The van der Waals surface area contributed by atoms with E-state index in [4.69, 9.17) is 13.6 Å². The lowest BCUT2D eigenvalue weighted by Gasteiger charge is -2.28. The number of methoxy groups -OCH3 is 1. The van der Waals surface area contributed by atoms with Gasteiger partial charge in [0.1, 0.15) is 5.75 Å². The van der Waals surface area contributed by atoms with Crippen LogP contribution in [0.2, 0.25) is 5.04 Å². The first kappa shape index (κ1) is 14.2. The van der Waals surface area contributed by atoms with E-state index in [0.29, 0.717) is 13.2 Å². The normalized spacial score (nSPS) is 13.4. The van der Waals surface area contributed by atoms with Crippen LogP contribution in [0.5, 0.6) is 5.75 Å². The number of para-hydroxylation sites is 1. The Morgan fingerprint density at radius 1 is 1.06 bits per heavy atom. The Hall–Kier alpha value is -0.843. The number of hydrogen-bond donors (Lipinski definition) is 0. The summed E-state index contributed by atoms with van der Waals surface area (Å²) in [6, 6.07) is 9.85. The third-order valence-corrected chi connectivity index (χ3v) is 4.69. The molecule has 1 atom stereocenters. The van der Waals surface area contributed by atoms with Crippen molar-refractivity contribution < 1.29 is 13.6 Å². The number of hydrogen-bond acceptors (Lipinski definition) is 3. The van der Waals surface area contributed by atoms with Gasteiger partial charge in [0.15, 0.2) is 0 Å². The summed E-state index contributed by atoms with van der Waals surface area (Å²) in [7, 11) is -0.0846. The van der Waals surface area contributed by atoms with Crippen LogP contribution in [0, 0.1) is 0 Å². The summed E-state index contributed by atoms with van der Waals surface area (Å²) in [6.07, 6.45) is 0. The number of rotatable bonds is 6. The Balaban J connectivity index is 2.58. The predicted molar refractivity (Wildman–Crippen MR) is 71.8 cm³/mol. The van der Waals surface area contributed by atoms with E-state index >= 15 is 0 Å². The first-order valence-electron chi connectivity index (χ1n) is 5.86. The molecule has 0 spiro atoms. The summed E-state index contributed by atoms with van der Waals surface area (Å²) < 4.78 is 16.8. The van der Waals surface area contributed by atoms with Crippen molar-refractivity contribution in [2.45, 2.75) is 25.8 Å². The highest BCUT2D eigenvalue weighted by Crippen LogP contribution is 2.29. The fourth-order valence-corrected chi connectivity index (χ4v) is 2.96. The molecule has 96 valence electrons. The maximum absolute atomic E-state index is 5.99. The van der Waals surface area contributed by atoms with Gasteiger partial charge in [-0.05, 0) is 12.1 Å². The van der Waals surface area contributed by atoms with E-state index in [1.807, 2.05) is 30.3 Å². The zero-order valence-electron chi connectivity index (χ0n) is 11.1. The molecule has 0 amide bonds. The van der Waals surface area contributed by atoms with Crippen molar-refractivity contribution in [3.63, 3.8) is 0 Å². The van der Waals surface area contributed by atoms with Gasteiger partial charge in [-0.1, -0.05) is 39.0 Å². The summed E-state index contributed by atoms with van der Waals surface area (Å²) in [5, 5.41) is 0.0591. The second kappa shape index (κ2) is 6.79. The fraction of sp³-hybridized carbons (Fsp3) is 0.538. The van der Waals surface area contributed by atoms with Crippen LogP contribution in [0.1, 0.15) is 20.8 Å². The van der Waals surface area contributed by atoms with Crippen LogP contribution in [-0.2, 0) is 9.16 Å². The molecule has 0 N–H and O–H groups in total. The highest BCUT2D eigenvalue weighted by atomic mass is 28.3. The summed E-state index contributed by atoms with van der Waals surface area (Å²) >= 11 is 0. The molecule has 3 nitrogen and oxygen atoms in total. The average molecular weight is 254 g/mol. The standard InChI is InChI=1S/C13H22O3Si/c1-13(2,3)17(15-11-10-14-4)16-12-8-6-5-7-9-12/h5-9,17H,10-11H2,1-4H3. The van der Waals surface area contributed by atoms with Gasteiger partial charge in [-0.25, -0.2) is 0 Å². The van der Waals surface area contributed by atoms with Crippen molar-refractivity contribution in [1.82, 2.24) is 0 Å². The third kappa shape index (κ3) is 5.34. The Labute approximate surface area is 106 Å². The lowest BCUT2D eigenvalue weighted by molar-refractivity contribution is 0.130. The summed E-state index contributed by atoms with van der Waals surface area (Å²) in [5.41, 5.74) is 0. The van der Waals surface area contributed by atoms with Crippen molar-refractivity contribution in [2.75, 3.05) is 20.3 Å². The molecule has 0 aliphatic carbocycles. The molecule has 1 aromatic carbocycles. The van der Waals surface area contributed by atoms with Gasteiger partial charge < -0.3 is 13.6 Å². The van der Waals surface area contributed by atoms with E-state index in [2.05, 4.69) is 20.8 Å². The first-order chi connectivity index (χ1) is 8.04. The Morgan fingerprint density at radius 2 is 1.71 bits per heavy atom. The van der Waals surface area contributed by atoms with Crippen LogP contribution in [0.25, 0.3) is 0 Å². The minimum atomic E-state index is -1.76. The molecule has 4 heteroatoms. The first-order valence-corrected chi connectivity index (χ1v) is 7.38. The molecule has 0 aromatic heterocycles. The molecule has 1 aromatic rings. The minimum absolute atomic E-state index is 0.0591. The number of benzene rings is 1. The largest absolute Gasteiger partial charge is 0.522 e. The molecular weight excluding hydrogens is 232 g/mol. The molecule has 17 heavy (non-hydrogen) atoms. The molecule has 1 unspecified atom stereocenters. The SMILES string of the molecule is COCCO[SiH](Oc1ccccc1)C(C)(C)C. The summed E-state index contributed by atoms with van der Waals surface area (Å²) in [6.45, 7) is 7.66. The fourth-order valence-electron chi connectivity index (χ4n) is 1.32. The summed E-state index contributed by atoms with van der Waals surface area (Å²) in [4.78, 5) is 0. The zero-order chi connectivity index (χ0) is 12.7. The van der Waals surface area contributed by atoms with E-state index in [0.717, 1.165) is 5.75 Å². The lowest BCUT2D eigenvalue weighted by atomic mass is 10.3. The van der Waals surface area contributed by atoms with Gasteiger partial charge in [0.05, 0.1) is 13.2 Å². The van der Waals surface area contributed by atoms with Crippen LogP contribution in [-0.4, -0.2) is 29.6 Å². The smallest absolute Gasteiger partial charge is 0.388 e. The maximum atomic E-state index is 5.99. The average Bonchev–Trinajstić information content (AvgIpc) is 2.28. The molecule has 0 fully saturated rings. The van der Waals surface area contributed by atoms with Crippen LogP contribution < -0.4 is 4.43 Å². The minimum Gasteiger partial charge on any atom is -0.522 e. The monoisotopic (exact) mass is 254 g/mol. The molecule has 0 heterocycles. The molecule has 0 saturated carbocycles. The second-order valence-electron chi connectivity index (χ2n) is 4.99. The highest BCUT2D eigenvalue weighted by Gasteiger charge is 2.31. The van der Waals surface area contributed by atoms with Gasteiger partial charge in [-0.3, -0.25) is 0 Å². The van der Waals surface area contributed by atoms with E-state index < -0.39 is 9.28 Å². The van der Waals surface area contributed by atoms with Crippen molar-refractivity contribution in [1.29, 1.82) is 0 Å². The second-order valence-corrected chi connectivity index (χ2v) is 7.96. The Kier molecular flexibility index (Phi) is 5.68. The van der Waals surface area contributed by atoms with Crippen molar-refractivity contribution in [3.8, 4) is 5.75 Å². The van der Waals surface area contributed by atoms with E-state index in [9.17, 15) is 0 Å².